The predicted octanol–water partition coefficient (Wildman–Crippen LogP) is 4.41. The second-order valence-electron chi connectivity index (χ2n) is 6.40. The first kappa shape index (κ1) is 18.3. The van der Waals surface area contributed by atoms with Crippen molar-refractivity contribution in [1.82, 2.24) is 14.7 Å². The predicted molar refractivity (Wildman–Crippen MR) is 103 cm³/mol. The van der Waals surface area contributed by atoms with E-state index in [0.717, 1.165) is 10.8 Å². The minimum Gasteiger partial charge on any atom is -0.360 e. The molecule has 7 heteroatoms. The molecule has 0 aliphatic rings. The molecule has 3 aromatic rings. The molecule has 26 heavy (non-hydrogen) atoms. The van der Waals surface area contributed by atoms with Crippen LogP contribution < -0.4 is 5.32 Å². The summed E-state index contributed by atoms with van der Waals surface area (Å²) in [5.74, 6) is 1.42. The van der Waals surface area contributed by atoms with Gasteiger partial charge in [0.25, 0.3) is 0 Å². The van der Waals surface area contributed by atoms with Gasteiger partial charge in [-0.25, -0.2) is 4.98 Å². The van der Waals surface area contributed by atoms with E-state index in [4.69, 9.17) is 4.52 Å². The highest BCUT2D eigenvalue weighted by Crippen LogP contribution is 2.26. The summed E-state index contributed by atoms with van der Waals surface area (Å²) in [6.07, 6.45) is 3.64. The molecule has 0 aliphatic heterocycles. The van der Waals surface area contributed by atoms with E-state index >= 15 is 0 Å². The average Bonchev–Trinajstić information content (AvgIpc) is 3.23. The molecule has 136 valence electrons. The normalized spacial score (nSPS) is 12.3. The third kappa shape index (κ3) is 4.16. The minimum absolute atomic E-state index is 0.145. The van der Waals surface area contributed by atoms with E-state index in [1.165, 1.54) is 17.3 Å². The number of hydrogen-bond acceptors (Lipinski definition) is 5. The Morgan fingerprint density at radius 2 is 1.96 bits per heavy atom. The SMILES string of the molecule is Cc1cc(NC(=O)C(C)Sc2nccn2-c2ccc(C(C)C)cc2)no1. The van der Waals surface area contributed by atoms with Gasteiger partial charge >= 0.3 is 0 Å². The van der Waals surface area contributed by atoms with Crippen molar-refractivity contribution in [1.29, 1.82) is 0 Å². The minimum atomic E-state index is -0.330. The topological polar surface area (TPSA) is 73.0 Å². The molecule has 0 saturated carbocycles. The number of aromatic nitrogens is 3. The lowest BCUT2D eigenvalue weighted by Gasteiger charge is -2.13. The zero-order chi connectivity index (χ0) is 18.7. The van der Waals surface area contributed by atoms with Crippen LogP contribution in [0.1, 0.15) is 38.0 Å². The molecule has 0 bridgehead atoms. The first-order valence-corrected chi connectivity index (χ1v) is 9.36. The van der Waals surface area contributed by atoms with Crippen molar-refractivity contribution in [2.45, 2.75) is 44.0 Å². The Bertz CT molecular complexity index is 883. The van der Waals surface area contributed by atoms with Gasteiger partial charge in [-0.05, 0) is 37.5 Å². The fourth-order valence-corrected chi connectivity index (χ4v) is 3.34. The molecule has 0 radical (unpaired) electrons. The van der Waals surface area contributed by atoms with E-state index in [0.29, 0.717) is 17.5 Å². The number of benzene rings is 1. The quantitative estimate of drug-likeness (QED) is 0.651. The van der Waals surface area contributed by atoms with Crippen molar-refractivity contribution in [2.75, 3.05) is 5.32 Å². The van der Waals surface area contributed by atoms with E-state index in [1.54, 1.807) is 19.2 Å². The Hall–Kier alpha value is -2.54. The highest BCUT2D eigenvalue weighted by atomic mass is 32.2. The molecule has 0 aliphatic carbocycles. The lowest BCUT2D eigenvalue weighted by molar-refractivity contribution is -0.115. The number of carbonyl (C=O) groups is 1. The highest BCUT2D eigenvalue weighted by Gasteiger charge is 2.19. The van der Waals surface area contributed by atoms with Gasteiger partial charge in [0.15, 0.2) is 11.0 Å². The summed E-state index contributed by atoms with van der Waals surface area (Å²) in [5, 5.41) is 6.97. The third-order valence-electron chi connectivity index (χ3n) is 3.98. The molecular formula is C19H22N4O2S. The molecule has 1 unspecified atom stereocenters. The van der Waals surface area contributed by atoms with Gasteiger partial charge in [0, 0.05) is 24.1 Å². The standard InChI is InChI=1S/C19H22N4O2S/c1-12(2)15-5-7-16(8-6-15)23-10-9-20-19(23)26-14(4)18(24)21-17-11-13(3)25-22-17/h5-12,14H,1-4H3,(H,21,22,24). The second-order valence-corrected chi connectivity index (χ2v) is 7.71. The molecule has 3 rings (SSSR count). The van der Waals surface area contributed by atoms with Crippen molar-refractivity contribution in [3.05, 3.63) is 54.0 Å². The summed E-state index contributed by atoms with van der Waals surface area (Å²) in [7, 11) is 0. The maximum Gasteiger partial charge on any atom is 0.238 e. The first-order chi connectivity index (χ1) is 12.4. The van der Waals surface area contributed by atoms with Crippen LogP contribution in [0.25, 0.3) is 5.69 Å². The van der Waals surface area contributed by atoms with Crippen molar-refractivity contribution in [3.8, 4) is 5.69 Å². The number of anilines is 1. The van der Waals surface area contributed by atoms with Crippen LogP contribution in [0.2, 0.25) is 0 Å². The largest absolute Gasteiger partial charge is 0.360 e. The Balaban J connectivity index is 1.70. The number of carbonyl (C=O) groups excluding carboxylic acids is 1. The van der Waals surface area contributed by atoms with Crippen LogP contribution in [0, 0.1) is 6.92 Å². The number of rotatable bonds is 6. The van der Waals surface area contributed by atoms with Gasteiger partial charge < -0.3 is 9.84 Å². The Labute approximate surface area is 157 Å². The summed E-state index contributed by atoms with van der Waals surface area (Å²) < 4.78 is 6.95. The monoisotopic (exact) mass is 370 g/mol. The summed E-state index contributed by atoms with van der Waals surface area (Å²) in [6.45, 7) is 7.96. The molecule has 1 N–H and O–H groups in total. The van der Waals surface area contributed by atoms with Gasteiger partial charge in [0.1, 0.15) is 5.76 Å². The van der Waals surface area contributed by atoms with Gasteiger partial charge in [-0.3, -0.25) is 9.36 Å². The molecular weight excluding hydrogens is 348 g/mol. The number of thioether (sulfide) groups is 1. The van der Waals surface area contributed by atoms with Crippen molar-refractivity contribution >= 4 is 23.5 Å². The highest BCUT2D eigenvalue weighted by molar-refractivity contribution is 8.00. The molecule has 0 spiro atoms. The van der Waals surface area contributed by atoms with Crippen LogP contribution in [0.5, 0.6) is 0 Å². The van der Waals surface area contributed by atoms with E-state index in [9.17, 15) is 4.79 Å². The van der Waals surface area contributed by atoms with E-state index in [2.05, 4.69) is 53.6 Å². The fraction of sp³-hybridized carbons (Fsp3) is 0.316. The summed E-state index contributed by atoms with van der Waals surface area (Å²) in [5.41, 5.74) is 2.31. The lowest BCUT2D eigenvalue weighted by atomic mass is 10.0. The molecule has 1 amide bonds. The van der Waals surface area contributed by atoms with Gasteiger partial charge in [0.05, 0.1) is 5.25 Å². The number of aryl methyl sites for hydroxylation is 1. The number of nitrogens with one attached hydrogen (secondary N) is 1. The summed E-state index contributed by atoms with van der Waals surface area (Å²) in [6, 6.07) is 10.1. The van der Waals surface area contributed by atoms with E-state index in [1.807, 2.05) is 17.7 Å². The number of hydrogen-bond donors (Lipinski definition) is 1. The van der Waals surface area contributed by atoms with Gasteiger partial charge in [-0.1, -0.05) is 42.9 Å². The number of nitrogens with zero attached hydrogens (tertiary/aromatic N) is 3. The zero-order valence-corrected chi connectivity index (χ0v) is 16.1. The number of amides is 1. The Morgan fingerprint density at radius 1 is 1.23 bits per heavy atom. The smallest absolute Gasteiger partial charge is 0.238 e. The van der Waals surface area contributed by atoms with Crippen LogP contribution in [0.4, 0.5) is 5.82 Å². The van der Waals surface area contributed by atoms with Crippen LogP contribution in [-0.2, 0) is 4.79 Å². The van der Waals surface area contributed by atoms with Crippen LogP contribution >= 0.6 is 11.8 Å². The van der Waals surface area contributed by atoms with E-state index < -0.39 is 0 Å². The zero-order valence-electron chi connectivity index (χ0n) is 15.3. The Morgan fingerprint density at radius 3 is 2.58 bits per heavy atom. The van der Waals surface area contributed by atoms with Crippen LogP contribution in [-0.4, -0.2) is 25.9 Å². The molecule has 1 atom stereocenters. The van der Waals surface area contributed by atoms with Gasteiger partial charge in [0.2, 0.25) is 5.91 Å². The third-order valence-corrected chi connectivity index (χ3v) is 5.06. The maximum absolute atomic E-state index is 12.4. The van der Waals surface area contributed by atoms with Crippen LogP contribution in [0.15, 0.2) is 52.4 Å². The van der Waals surface area contributed by atoms with Gasteiger partial charge in [-0.2, -0.15) is 0 Å². The lowest BCUT2D eigenvalue weighted by Crippen LogP contribution is -2.23. The molecule has 6 nitrogen and oxygen atoms in total. The summed E-state index contributed by atoms with van der Waals surface area (Å²) in [4.78, 5) is 16.8. The maximum atomic E-state index is 12.4. The van der Waals surface area contributed by atoms with E-state index in [-0.39, 0.29) is 11.2 Å². The van der Waals surface area contributed by atoms with Crippen LogP contribution in [0.3, 0.4) is 0 Å². The molecule has 1 aromatic carbocycles. The number of imidazole rings is 1. The molecule has 0 fully saturated rings. The molecule has 0 saturated heterocycles. The molecule has 2 heterocycles. The average molecular weight is 370 g/mol. The fourth-order valence-electron chi connectivity index (χ4n) is 2.46. The van der Waals surface area contributed by atoms with Crippen molar-refractivity contribution in [3.63, 3.8) is 0 Å². The van der Waals surface area contributed by atoms with Gasteiger partial charge in [-0.15, -0.1) is 0 Å². The summed E-state index contributed by atoms with van der Waals surface area (Å²) >= 11 is 1.40. The van der Waals surface area contributed by atoms with Crippen molar-refractivity contribution < 1.29 is 9.32 Å². The molecule has 2 aromatic heterocycles. The first-order valence-electron chi connectivity index (χ1n) is 8.48. The second kappa shape index (κ2) is 7.78. The Kier molecular flexibility index (Phi) is 5.46. The van der Waals surface area contributed by atoms with Crippen molar-refractivity contribution in [2.24, 2.45) is 0 Å².